The Morgan fingerprint density at radius 3 is 2.52 bits per heavy atom. The molecular weight excluding hydrogens is 319 g/mol. The lowest BCUT2D eigenvalue weighted by molar-refractivity contribution is 0.157. The molecule has 3 N–H and O–H groups in total. The third-order valence-corrected chi connectivity index (χ3v) is 4.75. The van der Waals surface area contributed by atoms with Gasteiger partial charge >= 0.3 is 0 Å². The van der Waals surface area contributed by atoms with E-state index < -0.39 is 26.8 Å². The SMILES string of the molecule is COCC(NS(=O)(=O)c1cc(Cl)cc(CN)c1F)C(C)C. The van der Waals surface area contributed by atoms with Crippen molar-refractivity contribution >= 4 is 21.6 Å². The van der Waals surface area contributed by atoms with Gasteiger partial charge in [-0.2, -0.15) is 0 Å². The normalized spacial score (nSPS) is 13.7. The van der Waals surface area contributed by atoms with Gasteiger partial charge in [0.1, 0.15) is 10.7 Å². The molecule has 0 aliphatic carbocycles. The summed E-state index contributed by atoms with van der Waals surface area (Å²) in [7, 11) is -2.59. The van der Waals surface area contributed by atoms with Crippen molar-refractivity contribution in [2.24, 2.45) is 11.7 Å². The first-order valence-electron chi connectivity index (χ1n) is 6.42. The van der Waals surface area contributed by atoms with Gasteiger partial charge in [0, 0.05) is 30.3 Å². The number of benzene rings is 1. The second-order valence-corrected chi connectivity index (χ2v) is 7.13. The van der Waals surface area contributed by atoms with Crippen LogP contribution >= 0.6 is 11.6 Å². The molecule has 1 aromatic carbocycles. The minimum absolute atomic E-state index is 0.0176. The van der Waals surface area contributed by atoms with Gasteiger partial charge in [-0.15, -0.1) is 0 Å². The molecule has 21 heavy (non-hydrogen) atoms. The molecule has 1 aromatic rings. The number of halogens is 2. The van der Waals surface area contributed by atoms with Crippen molar-refractivity contribution < 1.29 is 17.5 Å². The fraction of sp³-hybridized carbons (Fsp3) is 0.538. The monoisotopic (exact) mass is 338 g/mol. The highest BCUT2D eigenvalue weighted by Gasteiger charge is 2.26. The van der Waals surface area contributed by atoms with Crippen LogP contribution in [0.4, 0.5) is 4.39 Å². The van der Waals surface area contributed by atoms with Gasteiger partial charge in [0.2, 0.25) is 10.0 Å². The topological polar surface area (TPSA) is 81.4 Å². The van der Waals surface area contributed by atoms with E-state index in [9.17, 15) is 12.8 Å². The molecule has 0 bridgehead atoms. The molecule has 0 amide bonds. The zero-order valence-corrected chi connectivity index (χ0v) is 13.8. The summed E-state index contributed by atoms with van der Waals surface area (Å²) < 4.78 is 46.3. The summed E-state index contributed by atoms with van der Waals surface area (Å²) >= 11 is 5.83. The van der Waals surface area contributed by atoms with Crippen molar-refractivity contribution in [1.29, 1.82) is 0 Å². The molecule has 0 radical (unpaired) electrons. The lowest BCUT2D eigenvalue weighted by Crippen LogP contribution is -2.41. The van der Waals surface area contributed by atoms with Gasteiger partial charge in [0.05, 0.1) is 6.61 Å². The number of hydrogen-bond donors (Lipinski definition) is 2. The van der Waals surface area contributed by atoms with E-state index in [4.69, 9.17) is 22.1 Å². The van der Waals surface area contributed by atoms with Crippen molar-refractivity contribution in [3.63, 3.8) is 0 Å². The number of nitrogens with one attached hydrogen (secondary N) is 1. The fourth-order valence-electron chi connectivity index (χ4n) is 1.77. The summed E-state index contributed by atoms with van der Waals surface area (Å²) in [5.41, 5.74) is 5.45. The predicted molar refractivity (Wildman–Crippen MR) is 80.1 cm³/mol. The average molecular weight is 339 g/mol. The molecule has 8 heteroatoms. The average Bonchev–Trinajstić information content (AvgIpc) is 2.40. The van der Waals surface area contributed by atoms with Crippen molar-refractivity contribution in [3.8, 4) is 0 Å². The lowest BCUT2D eigenvalue weighted by atomic mass is 10.1. The van der Waals surface area contributed by atoms with E-state index in [1.165, 1.54) is 13.2 Å². The summed E-state index contributed by atoms with van der Waals surface area (Å²) in [6.07, 6.45) is 0. The first-order chi connectivity index (χ1) is 9.72. The highest BCUT2D eigenvalue weighted by atomic mass is 35.5. The quantitative estimate of drug-likeness (QED) is 0.795. The van der Waals surface area contributed by atoms with E-state index in [1.807, 2.05) is 13.8 Å². The predicted octanol–water partition coefficient (Wildman–Crippen LogP) is 1.89. The minimum atomic E-state index is -4.06. The highest BCUT2D eigenvalue weighted by Crippen LogP contribution is 2.24. The van der Waals surface area contributed by atoms with E-state index in [2.05, 4.69) is 4.72 Å². The van der Waals surface area contributed by atoms with Gasteiger partial charge in [-0.3, -0.25) is 0 Å². The van der Waals surface area contributed by atoms with Crippen LogP contribution < -0.4 is 10.5 Å². The van der Waals surface area contributed by atoms with Crippen LogP contribution in [0.2, 0.25) is 5.02 Å². The third-order valence-electron chi connectivity index (χ3n) is 3.05. The summed E-state index contributed by atoms with van der Waals surface area (Å²) in [6.45, 7) is 3.72. The van der Waals surface area contributed by atoms with E-state index >= 15 is 0 Å². The molecule has 1 atom stereocenters. The molecular formula is C13H20ClFN2O3S. The minimum Gasteiger partial charge on any atom is -0.383 e. The fourth-order valence-corrected chi connectivity index (χ4v) is 3.59. The van der Waals surface area contributed by atoms with Gasteiger partial charge in [-0.05, 0) is 18.1 Å². The first kappa shape index (κ1) is 18.3. The van der Waals surface area contributed by atoms with Gasteiger partial charge in [-0.25, -0.2) is 17.5 Å². The summed E-state index contributed by atoms with van der Waals surface area (Å²) in [6, 6.07) is 1.91. The Morgan fingerprint density at radius 1 is 1.43 bits per heavy atom. The molecule has 0 saturated carbocycles. The van der Waals surface area contributed by atoms with Crippen molar-refractivity contribution in [1.82, 2.24) is 4.72 Å². The maximum atomic E-state index is 14.2. The molecule has 0 spiro atoms. The molecule has 0 aromatic heterocycles. The Balaban J connectivity index is 3.21. The van der Waals surface area contributed by atoms with Crippen molar-refractivity contribution in [2.45, 2.75) is 31.3 Å². The van der Waals surface area contributed by atoms with Crippen LogP contribution in [0.1, 0.15) is 19.4 Å². The number of methoxy groups -OCH3 is 1. The van der Waals surface area contributed by atoms with Crippen molar-refractivity contribution in [3.05, 3.63) is 28.5 Å². The molecule has 0 heterocycles. The van der Waals surface area contributed by atoms with Gasteiger partial charge < -0.3 is 10.5 Å². The van der Waals surface area contributed by atoms with Gasteiger partial charge in [0.25, 0.3) is 0 Å². The van der Waals surface area contributed by atoms with Crippen LogP contribution in [0.3, 0.4) is 0 Å². The molecule has 5 nitrogen and oxygen atoms in total. The van der Waals surface area contributed by atoms with Crippen LogP contribution in [0.15, 0.2) is 17.0 Å². The summed E-state index contributed by atoms with van der Waals surface area (Å²) in [5.74, 6) is -0.898. The van der Waals surface area contributed by atoms with Gasteiger partial charge in [-0.1, -0.05) is 25.4 Å². The van der Waals surface area contributed by atoms with E-state index in [1.54, 1.807) is 0 Å². The van der Waals surface area contributed by atoms with E-state index in [0.29, 0.717) is 0 Å². The molecule has 120 valence electrons. The molecule has 1 unspecified atom stereocenters. The second kappa shape index (κ2) is 7.51. The molecule has 0 aliphatic heterocycles. The van der Waals surface area contributed by atoms with E-state index in [0.717, 1.165) is 6.07 Å². The maximum Gasteiger partial charge on any atom is 0.243 e. The Morgan fingerprint density at radius 2 is 2.05 bits per heavy atom. The van der Waals surface area contributed by atoms with E-state index in [-0.39, 0.29) is 29.7 Å². The zero-order valence-electron chi connectivity index (χ0n) is 12.2. The Kier molecular flexibility index (Phi) is 6.55. The highest BCUT2D eigenvalue weighted by molar-refractivity contribution is 7.89. The number of rotatable bonds is 7. The number of ether oxygens (including phenoxy) is 1. The Hall–Kier alpha value is -0.730. The number of sulfonamides is 1. The smallest absolute Gasteiger partial charge is 0.243 e. The number of nitrogens with two attached hydrogens (primary N) is 1. The zero-order chi connectivity index (χ0) is 16.2. The molecule has 1 rings (SSSR count). The second-order valence-electron chi connectivity index (χ2n) is 5.01. The summed E-state index contributed by atoms with van der Waals surface area (Å²) in [5, 5.41) is 0.116. The van der Waals surface area contributed by atoms with Gasteiger partial charge in [0.15, 0.2) is 0 Å². The Labute approximate surface area is 129 Å². The number of hydrogen-bond acceptors (Lipinski definition) is 4. The van der Waals surface area contributed by atoms with Crippen LogP contribution in [-0.2, 0) is 21.3 Å². The van der Waals surface area contributed by atoms with Crippen molar-refractivity contribution in [2.75, 3.05) is 13.7 Å². The van der Waals surface area contributed by atoms with Crippen LogP contribution in [0.5, 0.6) is 0 Å². The van der Waals surface area contributed by atoms with Crippen LogP contribution in [-0.4, -0.2) is 28.2 Å². The van der Waals surface area contributed by atoms with Crippen LogP contribution in [0, 0.1) is 11.7 Å². The standard InChI is InChI=1S/C13H20ClFN2O3S/c1-8(2)11(7-20-3)17-21(18,19)12-5-10(14)4-9(6-16)13(12)15/h4-5,8,11,17H,6-7,16H2,1-3H3. The van der Waals surface area contributed by atoms with Crippen LogP contribution in [0.25, 0.3) is 0 Å². The summed E-state index contributed by atoms with van der Waals surface area (Å²) in [4.78, 5) is -0.503. The third kappa shape index (κ3) is 4.62. The molecule has 0 aliphatic rings. The lowest BCUT2D eigenvalue weighted by Gasteiger charge is -2.22. The molecule has 0 saturated heterocycles. The first-order valence-corrected chi connectivity index (χ1v) is 8.28. The largest absolute Gasteiger partial charge is 0.383 e. The maximum absolute atomic E-state index is 14.2. The Bertz CT molecular complexity index is 593. The molecule has 0 fully saturated rings.